The lowest BCUT2D eigenvalue weighted by Crippen LogP contribution is -2.38. The first-order valence-corrected chi connectivity index (χ1v) is 10.7. The molecule has 0 aliphatic carbocycles. The molecule has 30 heavy (non-hydrogen) atoms. The van der Waals surface area contributed by atoms with Crippen LogP contribution in [0, 0.1) is 10.1 Å². The molecular formula is C22H24N4O3S. The molecule has 7 nitrogen and oxygen atoms in total. The molecule has 156 valence electrons. The normalized spacial score (nSPS) is 11.4. The third-order valence-electron chi connectivity index (χ3n) is 4.81. The van der Waals surface area contributed by atoms with Crippen LogP contribution in [0.1, 0.15) is 19.4 Å². The van der Waals surface area contributed by atoms with Crippen LogP contribution in [0.15, 0.2) is 54.6 Å². The Kier molecular flexibility index (Phi) is 7.26. The Morgan fingerprint density at radius 3 is 2.60 bits per heavy atom. The SMILES string of the molecule is CCN(CC)CCN(C(=O)/C=C/c1cccc([N+](=O)[O-])c1)c1nc2ccccc2s1. The van der Waals surface area contributed by atoms with Crippen LogP contribution < -0.4 is 4.90 Å². The second-order valence-corrected chi connectivity index (χ2v) is 7.68. The van der Waals surface area contributed by atoms with Crippen molar-refractivity contribution >= 4 is 44.4 Å². The third kappa shape index (κ3) is 5.28. The summed E-state index contributed by atoms with van der Waals surface area (Å²) in [6.07, 6.45) is 3.06. The molecule has 1 aromatic heterocycles. The Hall–Kier alpha value is -3.10. The predicted molar refractivity (Wildman–Crippen MR) is 122 cm³/mol. The third-order valence-corrected chi connectivity index (χ3v) is 5.87. The molecule has 3 aromatic rings. The lowest BCUT2D eigenvalue weighted by Gasteiger charge is -2.23. The van der Waals surface area contributed by atoms with E-state index in [0.29, 0.717) is 17.2 Å². The van der Waals surface area contributed by atoms with Crippen LogP contribution in [0.3, 0.4) is 0 Å². The maximum absolute atomic E-state index is 13.1. The fraction of sp³-hybridized carbons (Fsp3) is 0.273. The number of hydrogen-bond donors (Lipinski definition) is 0. The largest absolute Gasteiger partial charge is 0.302 e. The van der Waals surface area contributed by atoms with E-state index in [1.807, 2.05) is 24.3 Å². The van der Waals surface area contributed by atoms with Crippen molar-refractivity contribution in [2.75, 3.05) is 31.1 Å². The molecule has 0 aliphatic rings. The Balaban J connectivity index is 1.85. The summed E-state index contributed by atoms with van der Waals surface area (Å²) in [5.41, 5.74) is 1.46. The number of fused-ring (bicyclic) bond motifs is 1. The second kappa shape index (κ2) is 10.1. The van der Waals surface area contributed by atoms with E-state index in [9.17, 15) is 14.9 Å². The summed E-state index contributed by atoms with van der Waals surface area (Å²) in [5, 5.41) is 11.6. The maximum atomic E-state index is 13.1. The van der Waals surface area contributed by atoms with Gasteiger partial charge in [-0.2, -0.15) is 0 Å². The first kappa shape index (κ1) is 21.6. The van der Waals surface area contributed by atoms with Gasteiger partial charge in [0.2, 0.25) is 0 Å². The Morgan fingerprint density at radius 1 is 1.13 bits per heavy atom. The Bertz CT molecular complexity index is 1030. The van der Waals surface area contributed by atoms with E-state index in [0.717, 1.165) is 29.9 Å². The molecule has 1 heterocycles. The second-order valence-electron chi connectivity index (χ2n) is 6.67. The van der Waals surface area contributed by atoms with E-state index in [-0.39, 0.29) is 11.6 Å². The van der Waals surface area contributed by atoms with Gasteiger partial charge in [0.05, 0.1) is 15.1 Å². The molecule has 0 aliphatic heterocycles. The van der Waals surface area contributed by atoms with Gasteiger partial charge in [0.1, 0.15) is 0 Å². The fourth-order valence-corrected chi connectivity index (χ4v) is 4.05. The van der Waals surface area contributed by atoms with Gasteiger partial charge in [-0.15, -0.1) is 0 Å². The zero-order valence-electron chi connectivity index (χ0n) is 17.0. The van der Waals surface area contributed by atoms with Crippen molar-refractivity contribution in [2.45, 2.75) is 13.8 Å². The number of rotatable bonds is 9. The van der Waals surface area contributed by atoms with Crippen LogP contribution in [-0.2, 0) is 4.79 Å². The zero-order valence-corrected chi connectivity index (χ0v) is 17.8. The van der Waals surface area contributed by atoms with Crippen molar-refractivity contribution in [3.8, 4) is 0 Å². The van der Waals surface area contributed by atoms with Crippen molar-refractivity contribution in [3.05, 3.63) is 70.3 Å². The van der Waals surface area contributed by atoms with E-state index < -0.39 is 4.92 Å². The van der Waals surface area contributed by atoms with Gasteiger partial charge < -0.3 is 4.90 Å². The highest BCUT2D eigenvalue weighted by Gasteiger charge is 2.18. The van der Waals surface area contributed by atoms with Crippen LogP contribution in [-0.4, -0.2) is 46.9 Å². The van der Waals surface area contributed by atoms with Crippen LogP contribution in [0.2, 0.25) is 0 Å². The summed E-state index contributed by atoms with van der Waals surface area (Å²) in [7, 11) is 0. The number of nitro benzene ring substituents is 1. The monoisotopic (exact) mass is 424 g/mol. The molecule has 3 rings (SSSR count). The Morgan fingerprint density at radius 2 is 1.90 bits per heavy atom. The number of hydrogen-bond acceptors (Lipinski definition) is 6. The number of likely N-dealkylation sites (N-methyl/N-ethyl adjacent to an activating group) is 1. The lowest BCUT2D eigenvalue weighted by atomic mass is 10.2. The number of nitro groups is 1. The number of anilines is 1. The van der Waals surface area contributed by atoms with Crippen molar-refractivity contribution in [3.63, 3.8) is 0 Å². The average Bonchev–Trinajstić information content (AvgIpc) is 3.19. The molecule has 1 amide bonds. The molecule has 0 saturated carbocycles. The molecule has 0 N–H and O–H groups in total. The summed E-state index contributed by atoms with van der Waals surface area (Å²) in [5.74, 6) is -0.201. The van der Waals surface area contributed by atoms with Gasteiger partial charge in [-0.3, -0.25) is 19.8 Å². The highest BCUT2D eigenvalue weighted by Crippen LogP contribution is 2.29. The van der Waals surface area contributed by atoms with Gasteiger partial charge in [-0.05, 0) is 36.9 Å². The standard InChI is InChI=1S/C22H24N4O3S/c1-3-24(4-2)14-15-25(22-23-19-10-5-6-11-20(19)30-22)21(27)13-12-17-8-7-9-18(16-17)26(28)29/h5-13,16H,3-4,14-15H2,1-2H3/b13-12+. The summed E-state index contributed by atoms with van der Waals surface area (Å²) in [4.78, 5) is 32.1. The number of carbonyl (C=O) groups excluding carboxylic acids is 1. The molecule has 0 bridgehead atoms. The summed E-state index contributed by atoms with van der Waals surface area (Å²) in [6.45, 7) is 7.24. The topological polar surface area (TPSA) is 79.6 Å². The molecule has 0 saturated heterocycles. The number of benzene rings is 2. The highest BCUT2D eigenvalue weighted by molar-refractivity contribution is 7.22. The highest BCUT2D eigenvalue weighted by atomic mass is 32.1. The van der Waals surface area contributed by atoms with E-state index in [1.54, 1.807) is 23.1 Å². The fourth-order valence-electron chi connectivity index (χ4n) is 3.06. The number of para-hydroxylation sites is 1. The van der Waals surface area contributed by atoms with E-state index >= 15 is 0 Å². The van der Waals surface area contributed by atoms with Crippen molar-refractivity contribution < 1.29 is 9.72 Å². The molecule has 0 radical (unpaired) electrons. The van der Waals surface area contributed by atoms with Crippen molar-refractivity contribution in [1.82, 2.24) is 9.88 Å². The molecular weight excluding hydrogens is 400 g/mol. The smallest absolute Gasteiger partial charge is 0.270 e. The number of carbonyl (C=O) groups is 1. The molecule has 0 unspecified atom stereocenters. The molecule has 0 spiro atoms. The van der Waals surface area contributed by atoms with Crippen LogP contribution in [0.25, 0.3) is 16.3 Å². The van der Waals surface area contributed by atoms with Crippen LogP contribution in [0.5, 0.6) is 0 Å². The van der Waals surface area contributed by atoms with Crippen molar-refractivity contribution in [1.29, 1.82) is 0 Å². The van der Waals surface area contributed by atoms with Gasteiger partial charge in [0, 0.05) is 31.3 Å². The number of aromatic nitrogens is 1. The van der Waals surface area contributed by atoms with Crippen LogP contribution >= 0.6 is 11.3 Å². The number of thiazole rings is 1. The predicted octanol–water partition coefficient (Wildman–Crippen LogP) is 4.59. The number of amides is 1. The van der Waals surface area contributed by atoms with Gasteiger partial charge in [0.15, 0.2) is 5.13 Å². The number of non-ortho nitro benzene ring substituents is 1. The van der Waals surface area contributed by atoms with Gasteiger partial charge in [0.25, 0.3) is 11.6 Å². The molecule has 2 aromatic carbocycles. The van der Waals surface area contributed by atoms with Gasteiger partial charge >= 0.3 is 0 Å². The molecule has 8 heteroatoms. The minimum absolute atomic E-state index is 0.00541. The minimum atomic E-state index is -0.448. The molecule has 0 atom stereocenters. The van der Waals surface area contributed by atoms with E-state index in [2.05, 4.69) is 23.7 Å². The lowest BCUT2D eigenvalue weighted by molar-refractivity contribution is -0.384. The summed E-state index contributed by atoms with van der Waals surface area (Å²) in [6, 6.07) is 14.0. The van der Waals surface area contributed by atoms with Gasteiger partial charge in [-0.1, -0.05) is 49.4 Å². The first-order valence-electron chi connectivity index (χ1n) is 9.83. The van der Waals surface area contributed by atoms with Gasteiger partial charge in [-0.25, -0.2) is 4.98 Å². The van der Waals surface area contributed by atoms with E-state index in [4.69, 9.17) is 0 Å². The van der Waals surface area contributed by atoms with E-state index in [1.165, 1.54) is 29.5 Å². The summed E-state index contributed by atoms with van der Waals surface area (Å²) < 4.78 is 1.02. The zero-order chi connectivity index (χ0) is 21.5. The maximum Gasteiger partial charge on any atom is 0.270 e. The first-order chi connectivity index (χ1) is 14.5. The minimum Gasteiger partial charge on any atom is -0.302 e. The number of nitrogens with zero attached hydrogens (tertiary/aromatic N) is 4. The Labute approximate surface area is 179 Å². The quantitative estimate of drug-likeness (QED) is 0.285. The summed E-state index contributed by atoms with van der Waals surface area (Å²) >= 11 is 1.48. The van der Waals surface area contributed by atoms with Crippen molar-refractivity contribution in [2.24, 2.45) is 0 Å². The van der Waals surface area contributed by atoms with Crippen LogP contribution in [0.4, 0.5) is 10.8 Å². The average molecular weight is 425 g/mol. The molecule has 0 fully saturated rings.